The number of carbonyl (C=O) groups is 1. The topological polar surface area (TPSA) is 73.6 Å². The molecule has 0 radical (unpaired) electrons. The predicted octanol–water partition coefficient (Wildman–Crippen LogP) is 0.673. The summed E-state index contributed by atoms with van der Waals surface area (Å²) < 4.78 is 10.1. The zero-order valence-corrected chi connectivity index (χ0v) is 11.3. The molecule has 0 atom stereocenters. The zero-order valence-electron chi connectivity index (χ0n) is 11.3. The van der Waals surface area contributed by atoms with Crippen molar-refractivity contribution in [2.24, 2.45) is 5.73 Å². The molecule has 0 rings (SSSR count). The Morgan fingerprint density at radius 3 is 2.35 bits per heavy atom. The zero-order chi connectivity index (χ0) is 13.1. The molecule has 5 nitrogen and oxygen atoms in total. The number of nitrogens with one attached hydrogen (secondary N) is 1. The lowest BCUT2D eigenvalue weighted by Crippen LogP contribution is -2.53. The first-order valence-electron chi connectivity index (χ1n) is 6.22. The van der Waals surface area contributed by atoms with E-state index < -0.39 is 0 Å². The number of nitrogens with two attached hydrogens (primary N) is 1. The van der Waals surface area contributed by atoms with Gasteiger partial charge in [-0.1, -0.05) is 13.8 Å². The van der Waals surface area contributed by atoms with Gasteiger partial charge in [0.25, 0.3) is 0 Å². The highest BCUT2D eigenvalue weighted by atomic mass is 16.5. The molecule has 0 fully saturated rings. The van der Waals surface area contributed by atoms with Gasteiger partial charge in [0.15, 0.2) is 0 Å². The van der Waals surface area contributed by atoms with Crippen LogP contribution in [0.1, 0.15) is 33.1 Å². The Kier molecular flexibility index (Phi) is 9.03. The molecule has 0 unspecified atom stereocenters. The number of ether oxygens (including phenoxy) is 2. The predicted molar refractivity (Wildman–Crippen MR) is 67.8 cm³/mol. The highest BCUT2D eigenvalue weighted by Gasteiger charge is 2.25. The summed E-state index contributed by atoms with van der Waals surface area (Å²) in [6, 6.07) is 0. The summed E-state index contributed by atoms with van der Waals surface area (Å²) in [5.41, 5.74) is 5.45. The van der Waals surface area contributed by atoms with E-state index in [-0.39, 0.29) is 11.4 Å². The van der Waals surface area contributed by atoms with Gasteiger partial charge in [0.2, 0.25) is 5.91 Å². The molecular weight excluding hydrogens is 220 g/mol. The SMILES string of the molecule is CCC(CC)(CN)NC(=O)CCOCCOC. The number of methoxy groups -OCH3 is 1. The van der Waals surface area contributed by atoms with Gasteiger partial charge in [-0.25, -0.2) is 0 Å². The monoisotopic (exact) mass is 246 g/mol. The van der Waals surface area contributed by atoms with Crippen molar-refractivity contribution in [1.82, 2.24) is 5.32 Å². The fraction of sp³-hybridized carbons (Fsp3) is 0.917. The summed E-state index contributed by atoms with van der Waals surface area (Å²) in [7, 11) is 1.62. The van der Waals surface area contributed by atoms with Gasteiger partial charge in [0.1, 0.15) is 0 Å². The smallest absolute Gasteiger partial charge is 0.222 e. The van der Waals surface area contributed by atoms with Crippen LogP contribution in [-0.4, -0.2) is 44.9 Å². The molecule has 0 aliphatic carbocycles. The molecule has 1 amide bonds. The van der Waals surface area contributed by atoms with Gasteiger partial charge < -0.3 is 20.5 Å². The summed E-state index contributed by atoms with van der Waals surface area (Å²) in [5, 5.41) is 3.00. The van der Waals surface area contributed by atoms with Gasteiger partial charge >= 0.3 is 0 Å². The highest BCUT2D eigenvalue weighted by Crippen LogP contribution is 2.13. The molecule has 0 spiro atoms. The van der Waals surface area contributed by atoms with Crippen LogP contribution in [0.2, 0.25) is 0 Å². The normalized spacial score (nSPS) is 11.5. The lowest BCUT2D eigenvalue weighted by atomic mass is 9.93. The quantitative estimate of drug-likeness (QED) is 0.556. The van der Waals surface area contributed by atoms with E-state index in [0.717, 1.165) is 12.8 Å². The Morgan fingerprint density at radius 2 is 1.88 bits per heavy atom. The van der Waals surface area contributed by atoms with Gasteiger partial charge in [-0.3, -0.25) is 4.79 Å². The standard InChI is InChI=1S/C12H26N2O3/c1-4-12(5-2,10-13)14-11(15)6-7-17-9-8-16-3/h4-10,13H2,1-3H3,(H,14,15). The van der Waals surface area contributed by atoms with E-state index in [1.807, 2.05) is 13.8 Å². The van der Waals surface area contributed by atoms with Crippen molar-refractivity contribution in [3.8, 4) is 0 Å². The molecule has 3 N–H and O–H groups in total. The second kappa shape index (κ2) is 9.39. The number of amides is 1. The maximum atomic E-state index is 11.7. The number of hydrogen-bond acceptors (Lipinski definition) is 4. The van der Waals surface area contributed by atoms with Crippen LogP contribution in [0.3, 0.4) is 0 Å². The van der Waals surface area contributed by atoms with E-state index >= 15 is 0 Å². The van der Waals surface area contributed by atoms with Crippen molar-refractivity contribution in [1.29, 1.82) is 0 Å². The Hall–Kier alpha value is -0.650. The van der Waals surface area contributed by atoms with Crippen LogP contribution in [0.5, 0.6) is 0 Å². The highest BCUT2D eigenvalue weighted by molar-refractivity contribution is 5.76. The first-order chi connectivity index (χ1) is 8.14. The Morgan fingerprint density at radius 1 is 1.24 bits per heavy atom. The van der Waals surface area contributed by atoms with Gasteiger partial charge in [0.05, 0.1) is 25.4 Å². The van der Waals surface area contributed by atoms with Gasteiger partial charge in [-0.15, -0.1) is 0 Å². The third-order valence-electron chi connectivity index (χ3n) is 3.05. The number of rotatable bonds is 10. The van der Waals surface area contributed by atoms with Crippen molar-refractivity contribution >= 4 is 5.91 Å². The minimum Gasteiger partial charge on any atom is -0.382 e. The molecular formula is C12H26N2O3. The van der Waals surface area contributed by atoms with E-state index in [9.17, 15) is 4.79 Å². The molecule has 0 aliphatic heterocycles. The number of carbonyl (C=O) groups excluding carboxylic acids is 1. The van der Waals surface area contributed by atoms with Gasteiger partial charge in [0, 0.05) is 20.1 Å². The molecule has 0 aromatic heterocycles. The third-order valence-corrected chi connectivity index (χ3v) is 3.05. The summed E-state index contributed by atoms with van der Waals surface area (Å²) in [6.45, 7) is 6.03. The van der Waals surface area contributed by atoms with Crippen LogP contribution in [0, 0.1) is 0 Å². The van der Waals surface area contributed by atoms with E-state index in [1.54, 1.807) is 7.11 Å². The van der Waals surface area contributed by atoms with Crippen LogP contribution >= 0.6 is 0 Å². The molecule has 0 saturated heterocycles. The maximum absolute atomic E-state index is 11.7. The molecule has 102 valence electrons. The number of hydrogen-bond donors (Lipinski definition) is 2. The molecule has 0 saturated carbocycles. The van der Waals surface area contributed by atoms with E-state index in [0.29, 0.717) is 32.8 Å². The average molecular weight is 246 g/mol. The Labute approximate surface area is 104 Å². The van der Waals surface area contributed by atoms with Crippen LogP contribution in [-0.2, 0) is 14.3 Å². The molecule has 0 aromatic carbocycles. The maximum Gasteiger partial charge on any atom is 0.222 e. The molecule has 0 bridgehead atoms. The first-order valence-corrected chi connectivity index (χ1v) is 6.22. The van der Waals surface area contributed by atoms with Crippen molar-refractivity contribution in [2.75, 3.05) is 33.5 Å². The Balaban J connectivity index is 3.83. The molecule has 5 heteroatoms. The van der Waals surface area contributed by atoms with Crippen molar-refractivity contribution in [3.63, 3.8) is 0 Å². The average Bonchev–Trinajstić information content (AvgIpc) is 2.36. The fourth-order valence-corrected chi connectivity index (χ4v) is 1.53. The molecule has 0 heterocycles. The minimum absolute atomic E-state index is 0.00318. The third kappa shape index (κ3) is 6.61. The fourth-order valence-electron chi connectivity index (χ4n) is 1.53. The summed E-state index contributed by atoms with van der Waals surface area (Å²) >= 11 is 0. The van der Waals surface area contributed by atoms with Crippen LogP contribution in [0.15, 0.2) is 0 Å². The van der Waals surface area contributed by atoms with Crippen molar-refractivity contribution in [3.05, 3.63) is 0 Å². The van der Waals surface area contributed by atoms with Gasteiger partial charge in [-0.2, -0.15) is 0 Å². The largest absolute Gasteiger partial charge is 0.382 e. The first kappa shape index (κ1) is 16.4. The second-order valence-electron chi connectivity index (χ2n) is 4.09. The van der Waals surface area contributed by atoms with Gasteiger partial charge in [-0.05, 0) is 12.8 Å². The molecule has 0 aromatic rings. The van der Waals surface area contributed by atoms with Crippen LogP contribution in [0.25, 0.3) is 0 Å². The van der Waals surface area contributed by atoms with Crippen molar-refractivity contribution < 1.29 is 14.3 Å². The lowest BCUT2D eigenvalue weighted by molar-refractivity contribution is -0.124. The van der Waals surface area contributed by atoms with Crippen LogP contribution < -0.4 is 11.1 Å². The molecule has 0 aliphatic rings. The summed E-state index contributed by atoms with van der Waals surface area (Å²) in [6.07, 6.45) is 2.05. The van der Waals surface area contributed by atoms with E-state index in [4.69, 9.17) is 15.2 Å². The minimum atomic E-state index is -0.260. The summed E-state index contributed by atoms with van der Waals surface area (Å²) in [5.74, 6) is -0.00318. The second-order valence-corrected chi connectivity index (χ2v) is 4.09. The van der Waals surface area contributed by atoms with E-state index in [1.165, 1.54) is 0 Å². The van der Waals surface area contributed by atoms with Crippen molar-refractivity contribution in [2.45, 2.75) is 38.6 Å². The molecule has 17 heavy (non-hydrogen) atoms. The summed E-state index contributed by atoms with van der Waals surface area (Å²) in [4.78, 5) is 11.7. The lowest BCUT2D eigenvalue weighted by Gasteiger charge is -2.31. The van der Waals surface area contributed by atoms with E-state index in [2.05, 4.69) is 5.32 Å². The Bertz CT molecular complexity index is 198. The van der Waals surface area contributed by atoms with Crippen LogP contribution in [0.4, 0.5) is 0 Å².